The van der Waals surface area contributed by atoms with Crippen LogP contribution >= 0.6 is 11.6 Å². The molecule has 0 amide bonds. The van der Waals surface area contributed by atoms with Crippen LogP contribution in [0.2, 0.25) is 5.02 Å². The van der Waals surface area contributed by atoms with Crippen LogP contribution in [0.15, 0.2) is 36.4 Å². The Morgan fingerprint density at radius 3 is 2.57 bits per heavy atom. The van der Waals surface area contributed by atoms with Gasteiger partial charge in [-0.3, -0.25) is 0 Å². The Hall–Kier alpha value is -1.25. The molecule has 2 aromatic rings. The minimum Gasteiger partial charge on any atom is -0.492 e. The molecule has 0 saturated heterocycles. The number of hydrogen-bond donors (Lipinski definition) is 1. The summed E-state index contributed by atoms with van der Waals surface area (Å²) in [5.74, 6) is 0.912. The molecular weight excluding hydrogens is 282 g/mol. The molecule has 1 N–H and O–H groups in total. The molecule has 0 atom stereocenters. The predicted molar refractivity (Wildman–Crippen MR) is 89.3 cm³/mol. The first-order valence-electron chi connectivity index (χ1n) is 7.59. The molecule has 0 radical (unpaired) electrons. The Morgan fingerprint density at radius 2 is 1.86 bits per heavy atom. The first-order valence-corrected chi connectivity index (χ1v) is 7.96. The van der Waals surface area contributed by atoms with Crippen molar-refractivity contribution in [1.82, 2.24) is 5.32 Å². The van der Waals surface area contributed by atoms with Crippen molar-refractivity contribution < 1.29 is 4.74 Å². The fraction of sp³-hybridized carbons (Fsp3) is 0.444. The lowest BCUT2D eigenvalue weighted by atomic mass is 9.94. The number of halogens is 1. The molecule has 2 nitrogen and oxygen atoms in total. The van der Waals surface area contributed by atoms with Crippen molar-refractivity contribution in [3.63, 3.8) is 0 Å². The van der Waals surface area contributed by atoms with Crippen LogP contribution in [0.5, 0.6) is 5.75 Å². The van der Waals surface area contributed by atoms with Gasteiger partial charge in [0.25, 0.3) is 0 Å². The number of ether oxygens (including phenoxy) is 1. The van der Waals surface area contributed by atoms with Gasteiger partial charge in [0.2, 0.25) is 0 Å². The maximum atomic E-state index is 6.25. The van der Waals surface area contributed by atoms with Gasteiger partial charge >= 0.3 is 0 Å². The standard InChI is InChI=1S/C18H22ClNO/c1-18(2,11-20-13-7-8-13)12-21-17-10-9-16(19)14-5-3-4-6-15(14)17/h3-6,9-10,13,20H,7-8,11-12H2,1-2H3. The van der Waals surface area contributed by atoms with Crippen molar-refractivity contribution >= 4 is 22.4 Å². The third-order valence-corrected chi connectivity index (χ3v) is 4.23. The van der Waals surface area contributed by atoms with E-state index >= 15 is 0 Å². The molecule has 0 bridgehead atoms. The van der Waals surface area contributed by atoms with Gasteiger partial charge in [-0.25, -0.2) is 0 Å². The van der Waals surface area contributed by atoms with E-state index in [9.17, 15) is 0 Å². The van der Waals surface area contributed by atoms with E-state index in [0.717, 1.165) is 34.1 Å². The van der Waals surface area contributed by atoms with E-state index in [1.165, 1.54) is 12.8 Å². The van der Waals surface area contributed by atoms with Gasteiger partial charge in [0.15, 0.2) is 0 Å². The van der Waals surface area contributed by atoms with Crippen molar-refractivity contribution in [2.45, 2.75) is 32.7 Å². The molecule has 0 aromatic heterocycles. The third kappa shape index (κ3) is 3.69. The van der Waals surface area contributed by atoms with Crippen LogP contribution in [-0.2, 0) is 0 Å². The number of fused-ring (bicyclic) bond motifs is 1. The Labute approximate surface area is 131 Å². The monoisotopic (exact) mass is 303 g/mol. The van der Waals surface area contributed by atoms with E-state index in [2.05, 4.69) is 25.2 Å². The fourth-order valence-corrected chi connectivity index (χ4v) is 2.62. The van der Waals surface area contributed by atoms with Crippen LogP contribution in [-0.4, -0.2) is 19.2 Å². The number of nitrogens with one attached hydrogen (secondary N) is 1. The molecule has 0 aliphatic heterocycles. The Kier molecular flexibility index (Phi) is 4.10. The second-order valence-electron chi connectivity index (χ2n) is 6.70. The Bertz CT molecular complexity index is 634. The van der Waals surface area contributed by atoms with Crippen molar-refractivity contribution in [2.75, 3.05) is 13.2 Å². The van der Waals surface area contributed by atoms with Gasteiger partial charge in [0.1, 0.15) is 5.75 Å². The van der Waals surface area contributed by atoms with E-state index in [-0.39, 0.29) is 5.41 Å². The lowest BCUT2D eigenvalue weighted by molar-refractivity contribution is 0.177. The van der Waals surface area contributed by atoms with Gasteiger partial charge in [0, 0.05) is 33.8 Å². The molecule has 1 aliphatic carbocycles. The lowest BCUT2D eigenvalue weighted by Gasteiger charge is -2.25. The molecule has 21 heavy (non-hydrogen) atoms. The molecule has 1 aliphatic rings. The Morgan fingerprint density at radius 1 is 1.14 bits per heavy atom. The maximum Gasteiger partial charge on any atom is 0.127 e. The Balaban J connectivity index is 1.71. The highest BCUT2D eigenvalue weighted by Crippen LogP contribution is 2.32. The molecule has 0 spiro atoms. The zero-order valence-electron chi connectivity index (χ0n) is 12.7. The average Bonchev–Trinajstić information content (AvgIpc) is 3.29. The maximum absolute atomic E-state index is 6.25. The summed E-state index contributed by atoms with van der Waals surface area (Å²) in [6, 6.07) is 12.7. The van der Waals surface area contributed by atoms with Crippen LogP contribution in [0.4, 0.5) is 0 Å². The highest BCUT2D eigenvalue weighted by atomic mass is 35.5. The quantitative estimate of drug-likeness (QED) is 0.838. The van der Waals surface area contributed by atoms with Crippen LogP contribution in [0, 0.1) is 5.41 Å². The van der Waals surface area contributed by atoms with Gasteiger partial charge in [-0.2, -0.15) is 0 Å². The van der Waals surface area contributed by atoms with E-state index in [0.29, 0.717) is 6.61 Å². The molecule has 2 aromatic carbocycles. The summed E-state index contributed by atoms with van der Waals surface area (Å²) in [5.41, 5.74) is 0.114. The van der Waals surface area contributed by atoms with Crippen molar-refractivity contribution in [1.29, 1.82) is 0 Å². The highest BCUT2D eigenvalue weighted by molar-refractivity contribution is 6.35. The van der Waals surface area contributed by atoms with Gasteiger partial charge in [-0.1, -0.05) is 49.7 Å². The molecule has 112 valence electrons. The largest absolute Gasteiger partial charge is 0.492 e. The van der Waals surface area contributed by atoms with Crippen molar-refractivity contribution in [3.8, 4) is 5.75 Å². The zero-order chi connectivity index (χ0) is 14.9. The molecule has 3 heteroatoms. The second-order valence-corrected chi connectivity index (χ2v) is 7.11. The van der Waals surface area contributed by atoms with Crippen LogP contribution in [0.1, 0.15) is 26.7 Å². The van der Waals surface area contributed by atoms with Crippen LogP contribution in [0.3, 0.4) is 0 Å². The van der Waals surface area contributed by atoms with Crippen LogP contribution < -0.4 is 10.1 Å². The summed E-state index contributed by atoms with van der Waals surface area (Å²) in [7, 11) is 0. The van der Waals surface area contributed by atoms with E-state index in [1.54, 1.807) is 0 Å². The molecule has 0 unspecified atom stereocenters. The number of hydrogen-bond acceptors (Lipinski definition) is 2. The average molecular weight is 304 g/mol. The van der Waals surface area contributed by atoms with Gasteiger partial charge < -0.3 is 10.1 Å². The van der Waals surface area contributed by atoms with Gasteiger partial charge in [-0.05, 0) is 25.0 Å². The minimum atomic E-state index is 0.114. The molecule has 3 rings (SSSR count). The first-order chi connectivity index (χ1) is 10.1. The van der Waals surface area contributed by atoms with Crippen molar-refractivity contribution in [3.05, 3.63) is 41.4 Å². The van der Waals surface area contributed by atoms with Gasteiger partial charge in [-0.15, -0.1) is 0 Å². The molecule has 1 fully saturated rings. The van der Waals surface area contributed by atoms with E-state index in [4.69, 9.17) is 16.3 Å². The summed E-state index contributed by atoms with van der Waals surface area (Å²) in [6.45, 7) is 6.16. The molecule has 0 heterocycles. The van der Waals surface area contributed by atoms with Crippen LogP contribution in [0.25, 0.3) is 10.8 Å². The number of benzene rings is 2. The fourth-order valence-electron chi connectivity index (χ4n) is 2.39. The minimum absolute atomic E-state index is 0.114. The summed E-state index contributed by atoms with van der Waals surface area (Å²) in [6.07, 6.45) is 2.64. The zero-order valence-corrected chi connectivity index (χ0v) is 13.4. The SMILES string of the molecule is CC(C)(CNC1CC1)COc1ccc(Cl)c2ccccc12. The summed E-state index contributed by atoms with van der Waals surface area (Å²) in [4.78, 5) is 0. The summed E-state index contributed by atoms with van der Waals surface area (Å²) < 4.78 is 6.09. The smallest absolute Gasteiger partial charge is 0.127 e. The third-order valence-electron chi connectivity index (χ3n) is 3.90. The van der Waals surface area contributed by atoms with E-state index < -0.39 is 0 Å². The number of rotatable bonds is 6. The lowest BCUT2D eigenvalue weighted by Crippen LogP contribution is -2.35. The normalized spacial score (nSPS) is 15.4. The molecular formula is C18H22ClNO. The first kappa shape index (κ1) is 14.7. The van der Waals surface area contributed by atoms with E-state index in [1.807, 2.05) is 30.3 Å². The second kappa shape index (κ2) is 5.86. The van der Waals surface area contributed by atoms with Crippen molar-refractivity contribution in [2.24, 2.45) is 5.41 Å². The highest BCUT2D eigenvalue weighted by Gasteiger charge is 2.26. The topological polar surface area (TPSA) is 21.3 Å². The summed E-state index contributed by atoms with van der Waals surface area (Å²) >= 11 is 6.25. The summed E-state index contributed by atoms with van der Waals surface area (Å²) in [5, 5.41) is 6.48. The predicted octanol–water partition coefficient (Wildman–Crippen LogP) is 4.65. The van der Waals surface area contributed by atoms with Gasteiger partial charge in [0.05, 0.1) is 6.61 Å². The molecule has 1 saturated carbocycles.